The molecule has 0 aromatic heterocycles. The van der Waals surface area contributed by atoms with E-state index < -0.39 is 0 Å². The fourth-order valence-electron chi connectivity index (χ4n) is 2.05. The third kappa shape index (κ3) is 4.86. The van der Waals surface area contributed by atoms with E-state index in [1.54, 1.807) is 7.11 Å². The first-order chi connectivity index (χ1) is 8.69. The van der Waals surface area contributed by atoms with Crippen molar-refractivity contribution in [3.63, 3.8) is 0 Å². The second-order valence-corrected chi connectivity index (χ2v) is 4.79. The maximum atomic E-state index is 5.83. The minimum absolute atomic E-state index is 0.734. The Morgan fingerprint density at radius 1 is 1.28 bits per heavy atom. The maximum absolute atomic E-state index is 5.83. The standard InChI is InChI=1S/C15H26N2O/c1-4-6-7-12(5-2)11-17-14-8-13(16)9-15(10-14)18-3/h8-10,12,17H,4-7,11,16H2,1-3H3. The van der Waals surface area contributed by atoms with Gasteiger partial charge in [0, 0.05) is 30.1 Å². The van der Waals surface area contributed by atoms with E-state index in [-0.39, 0.29) is 0 Å². The van der Waals surface area contributed by atoms with Gasteiger partial charge in [0.1, 0.15) is 5.75 Å². The lowest BCUT2D eigenvalue weighted by molar-refractivity contribution is 0.415. The summed E-state index contributed by atoms with van der Waals surface area (Å²) in [5.41, 5.74) is 7.61. The summed E-state index contributed by atoms with van der Waals surface area (Å²) in [6.45, 7) is 5.49. The molecule has 3 nitrogen and oxygen atoms in total. The van der Waals surface area contributed by atoms with Crippen molar-refractivity contribution in [1.29, 1.82) is 0 Å². The molecule has 1 rings (SSSR count). The van der Waals surface area contributed by atoms with Crippen LogP contribution in [0, 0.1) is 5.92 Å². The van der Waals surface area contributed by atoms with Crippen molar-refractivity contribution in [3.05, 3.63) is 18.2 Å². The number of methoxy groups -OCH3 is 1. The summed E-state index contributed by atoms with van der Waals surface area (Å²) in [6.07, 6.45) is 5.08. The number of hydrogen-bond donors (Lipinski definition) is 2. The molecule has 1 unspecified atom stereocenters. The van der Waals surface area contributed by atoms with Crippen LogP contribution >= 0.6 is 0 Å². The predicted octanol–water partition coefficient (Wildman–Crippen LogP) is 3.91. The summed E-state index contributed by atoms with van der Waals surface area (Å²) in [7, 11) is 1.66. The third-order valence-electron chi connectivity index (χ3n) is 3.30. The molecule has 0 heterocycles. The minimum atomic E-state index is 0.734. The van der Waals surface area contributed by atoms with E-state index in [9.17, 15) is 0 Å². The van der Waals surface area contributed by atoms with Crippen molar-refractivity contribution < 1.29 is 4.74 Å². The zero-order valence-corrected chi connectivity index (χ0v) is 11.8. The molecule has 0 aliphatic carbocycles. The Labute approximate surface area is 111 Å². The van der Waals surface area contributed by atoms with E-state index >= 15 is 0 Å². The molecule has 3 N–H and O–H groups in total. The smallest absolute Gasteiger partial charge is 0.122 e. The molecule has 0 saturated heterocycles. The van der Waals surface area contributed by atoms with E-state index in [2.05, 4.69) is 19.2 Å². The van der Waals surface area contributed by atoms with Crippen LogP contribution < -0.4 is 15.8 Å². The van der Waals surface area contributed by atoms with Gasteiger partial charge in [0.25, 0.3) is 0 Å². The van der Waals surface area contributed by atoms with Gasteiger partial charge in [-0.25, -0.2) is 0 Å². The number of nitrogen functional groups attached to an aromatic ring is 1. The Kier molecular flexibility index (Phi) is 6.40. The quantitative estimate of drug-likeness (QED) is 0.688. The van der Waals surface area contributed by atoms with Gasteiger partial charge in [0.2, 0.25) is 0 Å². The zero-order chi connectivity index (χ0) is 13.4. The monoisotopic (exact) mass is 250 g/mol. The van der Waals surface area contributed by atoms with Crippen LogP contribution in [0.15, 0.2) is 18.2 Å². The first-order valence-electron chi connectivity index (χ1n) is 6.88. The molecule has 1 aromatic rings. The average molecular weight is 250 g/mol. The number of rotatable bonds is 8. The van der Waals surface area contributed by atoms with E-state index in [0.717, 1.165) is 29.6 Å². The Balaban J connectivity index is 2.53. The fraction of sp³-hybridized carbons (Fsp3) is 0.600. The average Bonchev–Trinajstić information content (AvgIpc) is 2.38. The lowest BCUT2D eigenvalue weighted by Crippen LogP contribution is -2.13. The summed E-state index contributed by atoms with van der Waals surface area (Å²) in [6, 6.07) is 5.78. The highest BCUT2D eigenvalue weighted by Gasteiger charge is 2.06. The van der Waals surface area contributed by atoms with Crippen LogP contribution in [0.5, 0.6) is 5.75 Å². The van der Waals surface area contributed by atoms with Crippen molar-refractivity contribution in [2.24, 2.45) is 5.92 Å². The van der Waals surface area contributed by atoms with Crippen molar-refractivity contribution in [2.75, 3.05) is 24.7 Å². The minimum Gasteiger partial charge on any atom is -0.497 e. The van der Waals surface area contributed by atoms with Crippen LogP contribution in [0.25, 0.3) is 0 Å². The molecule has 0 aliphatic rings. The largest absolute Gasteiger partial charge is 0.497 e. The zero-order valence-electron chi connectivity index (χ0n) is 11.8. The van der Waals surface area contributed by atoms with Crippen LogP contribution in [-0.4, -0.2) is 13.7 Å². The van der Waals surface area contributed by atoms with Crippen LogP contribution in [0.1, 0.15) is 39.5 Å². The summed E-state index contributed by atoms with van der Waals surface area (Å²) in [4.78, 5) is 0. The van der Waals surface area contributed by atoms with Gasteiger partial charge >= 0.3 is 0 Å². The molecule has 0 radical (unpaired) electrons. The SMILES string of the molecule is CCCCC(CC)CNc1cc(N)cc(OC)c1. The first-order valence-corrected chi connectivity index (χ1v) is 6.88. The molecular formula is C15H26N2O. The molecule has 1 atom stereocenters. The molecule has 0 spiro atoms. The van der Waals surface area contributed by atoms with Crippen LogP contribution in [0.2, 0.25) is 0 Å². The molecule has 0 bridgehead atoms. The Morgan fingerprint density at radius 2 is 2.06 bits per heavy atom. The number of anilines is 2. The summed E-state index contributed by atoms with van der Waals surface area (Å²) in [5, 5.41) is 3.46. The number of ether oxygens (including phenoxy) is 1. The fourth-order valence-corrected chi connectivity index (χ4v) is 2.05. The molecule has 0 fully saturated rings. The van der Waals surface area contributed by atoms with Gasteiger partial charge in [-0.15, -0.1) is 0 Å². The third-order valence-corrected chi connectivity index (χ3v) is 3.30. The second kappa shape index (κ2) is 7.85. The Bertz CT molecular complexity index is 352. The second-order valence-electron chi connectivity index (χ2n) is 4.79. The summed E-state index contributed by atoms with van der Waals surface area (Å²) < 4.78 is 5.21. The molecule has 0 saturated carbocycles. The van der Waals surface area contributed by atoms with Crippen molar-refractivity contribution in [3.8, 4) is 5.75 Å². The topological polar surface area (TPSA) is 47.3 Å². The lowest BCUT2D eigenvalue weighted by Gasteiger charge is -2.17. The molecule has 102 valence electrons. The predicted molar refractivity (Wildman–Crippen MR) is 79.2 cm³/mol. The van der Waals surface area contributed by atoms with E-state index in [4.69, 9.17) is 10.5 Å². The van der Waals surface area contributed by atoms with Gasteiger partial charge in [-0.1, -0.05) is 33.1 Å². The van der Waals surface area contributed by atoms with Crippen molar-refractivity contribution in [1.82, 2.24) is 0 Å². The van der Waals surface area contributed by atoms with Crippen LogP contribution in [-0.2, 0) is 0 Å². The highest BCUT2D eigenvalue weighted by molar-refractivity contribution is 5.59. The number of nitrogens with two attached hydrogens (primary N) is 1. The number of nitrogens with one attached hydrogen (secondary N) is 1. The van der Waals surface area contributed by atoms with E-state index in [1.165, 1.54) is 25.7 Å². The van der Waals surface area contributed by atoms with Crippen LogP contribution in [0.3, 0.4) is 0 Å². The molecule has 0 amide bonds. The van der Waals surface area contributed by atoms with Gasteiger partial charge in [0.15, 0.2) is 0 Å². The van der Waals surface area contributed by atoms with Gasteiger partial charge in [-0.05, 0) is 18.4 Å². The molecular weight excluding hydrogens is 224 g/mol. The highest BCUT2D eigenvalue weighted by atomic mass is 16.5. The van der Waals surface area contributed by atoms with Gasteiger partial charge in [-0.3, -0.25) is 0 Å². The first kappa shape index (κ1) is 14.7. The maximum Gasteiger partial charge on any atom is 0.122 e. The summed E-state index contributed by atoms with van der Waals surface area (Å²) in [5.74, 6) is 1.54. The van der Waals surface area contributed by atoms with Crippen molar-refractivity contribution in [2.45, 2.75) is 39.5 Å². The van der Waals surface area contributed by atoms with E-state index in [1.807, 2.05) is 18.2 Å². The molecule has 18 heavy (non-hydrogen) atoms. The number of unbranched alkanes of at least 4 members (excludes halogenated alkanes) is 1. The van der Waals surface area contributed by atoms with Gasteiger partial charge < -0.3 is 15.8 Å². The van der Waals surface area contributed by atoms with Gasteiger partial charge in [0.05, 0.1) is 7.11 Å². The van der Waals surface area contributed by atoms with Crippen molar-refractivity contribution >= 4 is 11.4 Å². The van der Waals surface area contributed by atoms with Gasteiger partial charge in [-0.2, -0.15) is 0 Å². The Morgan fingerprint density at radius 3 is 2.67 bits per heavy atom. The number of hydrogen-bond acceptors (Lipinski definition) is 3. The normalized spacial score (nSPS) is 12.2. The molecule has 0 aliphatic heterocycles. The Hall–Kier alpha value is -1.38. The lowest BCUT2D eigenvalue weighted by atomic mass is 9.99. The van der Waals surface area contributed by atoms with Crippen LogP contribution in [0.4, 0.5) is 11.4 Å². The highest BCUT2D eigenvalue weighted by Crippen LogP contribution is 2.23. The summed E-state index contributed by atoms with van der Waals surface area (Å²) >= 11 is 0. The molecule has 3 heteroatoms. The molecule has 1 aromatic carbocycles. The van der Waals surface area contributed by atoms with E-state index in [0.29, 0.717) is 0 Å². The number of benzene rings is 1.